The van der Waals surface area contributed by atoms with Crippen molar-refractivity contribution in [3.8, 4) is 23.7 Å². The van der Waals surface area contributed by atoms with Gasteiger partial charge < -0.3 is 25.2 Å². The molecule has 2 aliphatic carbocycles. The van der Waals surface area contributed by atoms with Crippen LogP contribution in [0.3, 0.4) is 0 Å². The van der Waals surface area contributed by atoms with Gasteiger partial charge in [-0.05, 0) is 82.1 Å². The predicted molar refractivity (Wildman–Crippen MR) is 149 cm³/mol. The van der Waals surface area contributed by atoms with E-state index in [0.29, 0.717) is 25.7 Å². The molecule has 0 aliphatic heterocycles. The molecular formula is C32H50O5. The molecule has 2 fully saturated rings. The lowest BCUT2D eigenvalue weighted by atomic mass is 9.70. The highest BCUT2D eigenvalue weighted by molar-refractivity contribution is 5.31. The van der Waals surface area contributed by atoms with Crippen LogP contribution in [0.5, 0.6) is 0 Å². The highest BCUT2D eigenvalue weighted by Gasteiger charge is 2.67. The summed E-state index contributed by atoms with van der Waals surface area (Å²) in [4.78, 5) is 0. The fraction of sp³-hybridized carbons (Fsp3) is 0.750. The summed E-state index contributed by atoms with van der Waals surface area (Å²) in [5, 5.41) is 44.5. The molecule has 0 saturated heterocycles. The Morgan fingerprint density at radius 2 is 1.70 bits per heavy atom. The molecule has 2 aliphatic rings. The average molecular weight is 515 g/mol. The van der Waals surface area contributed by atoms with Crippen molar-refractivity contribution >= 4 is 0 Å². The van der Waals surface area contributed by atoms with Crippen molar-refractivity contribution in [1.29, 1.82) is 0 Å². The van der Waals surface area contributed by atoms with Gasteiger partial charge in [-0.15, -0.1) is 0 Å². The Balaban J connectivity index is 2.10. The van der Waals surface area contributed by atoms with Crippen molar-refractivity contribution in [1.82, 2.24) is 0 Å². The van der Waals surface area contributed by atoms with Gasteiger partial charge in [-0.25, -0.2) is 0 Å². The molecule has 5 heteroatoms. The van der Waals surface area contributed by atoms with E-state index in [2.05, 4.69) is 51.0 Å². The van der Waals surface area contributed by atoms with Gasteiger partial charge >= 0.3 is 0 Å². The molecule has 0 aromatic carbocycles. The molecule has 0 aromatic heterocycles. The summed E-state index contributed by atoms with van der Waals surface area (Å²) in [6, 6.07) is 0. The van der Waals surface area contributed by atoms with Crippen LogP contribution in [0.4, 0.5) is 0 Å². The Morgan fingerprint density at radius 1 is 1.03 bits per heavy atom. The smallest absolute Gasteiger partial charge is 0.138 e. The lowest BCUT2D eigenvalue weighted by Gasteiger charge is -2.48. The third-order valence-electron chi connectivity index (χ3n) is 8.59. The summed E-state index contributed by atoms with van der Waals surface area (Å²) in [5.74, 6) is 10.5. The van der Waals surface area contributed by atoms with Gasteiger partial charge in [0.15, 0.2) is 0 Å². The van der Waals surface area contributed by atoms with E-state index in [1.54, 1.807) is 19.1 Å². The second-order valence-corrected chi connectivity index (χ2v) is 11.8. The Kier molecular flexibility index (Phi) is 11.9. The van der Waals surface area contributed by atoms with Crippen LogP contribution < -0.4 is 0 Å². The van der Waals surface area contributed by atoms with E-state index in [4.69, 9.17) is 4.74 Å². The van der Waals surface area contributed by atoms with E-state index in [9.17, 15) is 20.4 Å². The van der Waals surface area contributed by atoms with Crippen LogP contribution in [0, 0.1) is 41.4 Å². The van der Waals surface area contributed by atoms with Crippen LogP contribution in [0.15, 0.2) is 24.8 Å². The number of hydrogen-bond acceptors (Lipinski definition) is 5. The third kappa shape index (κ3) is 7.95. The van der Waals surface area contributed by atoms with Gasteiger partial charge in [0.05, 0.1) is 17.3 Å². The highest BCUT2D eigenvalue weighted by atomic mass is 16.5. The SMILES string of the molecule is C=C[C@H](C#CC#C[C@@H](O)/C=C\CCCCCCC)O[C@]1(C)CC[C@@H](C(C)C)[C@@H](O)[C@@H]2[C@@](C)(O)CC[C@]21O. The van der Waals surface area contributed by atoms with Gasteiger partial charge in [0.1, 0.15) is 17.8 Å². The molecule has 0 heterocycles. The molecule has 0 aromatic rings. The maximum Gasteiger partial charge on any atom is 0.138 e. The number of fused-ring (bicyclic) bond motifs is 1. The van der Waals surface area contributed by atoms with Gasteiger partial charge in [-0.3, -0.25) is 0 Å². The van der Waals surface area contributed by atoms with E-state index in [1.165, 1.54) is 25.7 Å². The fourth-order valence-corrected chi connectivity index (χ4v) is 6.25. The number of allylic oxidation sites excluding steroid dienone is 1. The summed E-state index contributed by atoms with van der Waals surface area (Å²) in [6.07, 6.45) is 11.7. The quantitative estimate of drug-likeness (QED) is 0.179. The van der Waals surface area contributed by atoms with Crippen LogP contribution in [0.2, 0.25) is 0 Å². The zero-order chi connectivity index (χ0) is 27.7. The van der Waals surface area contributed by atoms with Crippen molar-refractivity contribution in [2.24, 2.45) is 17.8 Å². The van der Waals surface area contributed by atoms with Crippen LogP contribution >= 0.6 is 0 Å². The zero-order valence-electron chi connectivity index (χ0n) is 23.7. The molecule has 4 N–H and O–H groups in total. The average Bonchev–Trinajstić information content (AvgIpc) is 3.05. The Labute approximate surface area is 225 Å². The van der Waals surface area contributed by atoms with E-state index < -0.39 is 41.0 Å². The third-order valence-corrected chi connectivity index (χ3v) is 8.59. The minimum Gasteiger partial charge on any atom is -0.392 e. The van der Waals surface area contributed by atoms with Crippen LogP contribution in [-0.2, 0) is 4.74 Å². The maximum absolute atomic E-state index is 12.0. The first-order valence-corrected chi connectivity index (χ1v) is 14.2. The first kappa shape index (κ1) is 31.6. The van der Waals surface area contributed by atoms with E-state index >= 15 is 0 Å². The topological polar surface area (TPSA) is 90.2 Å². The summed E-state index contributed by atoms with van der Waals surface area (Å²) in [5.41, 5.74) is -3.65. The monoisotopic (exact) mass is 514 g/mol. The standard InChI is InChI=1S/C32H50O5/c1-7-9-10-11-12-13-14-17-25(33)18-15-16-19-26(8-2)37-31(6)21-20-27(24(3)4)28(34)29-30(5,35)22-23-32(29,31)36/h8,14,17,24-29,33-36H,2,7,9-13,20-23H2,1,3-6H3/b17-14-/t25-,26+,27-,28+,29+,30-,31+,32-/m0/s1. The zero-order valence-corrected chi connectivity index (χ0v) is 23.7. The molecule has 2 saturated carbocycles. The van der Waals surface area contributed by atoms with Crippen molar-refractivity contribution in [2.45, 2.75) is 134 Å². The second kappa shape index (κ2) is 14.0. The molecule has 0 bridgehead atoms. The van der Waals surface area contributed by atoms with E-state index in [-0.39, 0.29) is 11.8 Å². The first-order chi connectivity index (χ1) is 17.4. The lowest BCUT2D eigenvalue weighted by Crippen LogP contribution is -2.61. The van der Waals surface area contributed by atoms with Crippen LogP contribution in [0.25, 0.3) is 0 Å². The molecule has 208 valence electrons. The Bertz CT molecular complexity index is 884. The van der Waals surface area contributed by atoms with E-state index in [1.807, 2.05) is 13.0 Å². The summed E-state index contributed by atoms with van der Waals surface area (Å²) < 4.78 is 6.41. The Hall–Kier alpha value is -1.60. The summed E-state index contributed by atoms with van der Waals surface area (Å²) in [6.45, 7) is 13.7. The van der Waals surface area contributed by atoms with Crippen molar-refractivity contribution in [2.75, 3.05) is 0 Å². The number of hydrogen-bond donors (Lipinski definition) is 4. The predicted octanol–water partition coefficient (Wildman–Crippen LogP) is 4.92. The maximum atomic E-state index is 12.0. The van der Waals surface area contributed by atoms with Gasteiger partial charge in [0, 0.05) is 5.92 Å². The summed E-state index contributed by atoms with van der Waals surface area (Å²) >= 11 is 0. The number of unbranched alkanes of at least 4 members (excludes halogenated alkanes) is 5. The molecule has 2 rings (SSSR count). The number of ether oxygens (including phenoxy) is 1. The van der Waals surface area contributed by atoms with Crippen LogP contribution in [0.1, 0.15) is 98.8 Å². The summed E-state index contributed by atoms with van der Waals surface area (Å²) in [7, 11) is 0. The largest absolute Gasteiger partial charge is 0.392 e. The fourth-order valence-electron chi connectivity index (χ4n) is 6.25. The number of rotatable bonds is 11. The minimum atomic E-state index is -1.41. The van der Waals surface area contributed by atoms with Crippen molar-refractivity contribution in [3.63, 3.8) is 0 Å². The molecule has 0 spiro atoms. The Morgan fingerprint density at radius 3 is 2.35 bits per heavy atom. The first-order valence-electron chi connectivity index (χ1n) is 14.2. The molecule has 5 nitrogen and oxygen atoms in total. The molecular weight excluding hydrogens is 464 g/mol. The number of aliphatic hydroxyl groups excluding tert-OH is 2. The molecule has 0 radical (unpaired) electrons. The molecule has 0 unspecified atom stereocenters. The normalized spacial score (nSPS) is 35.1. The van der Waals surface area contributed by atoms with Crippen LogP contribution in [-0.4, -0.2) is 55.5 Å². The second-order valence-electron chi connectivity index (χ2n) is 11.8. The van der Waals surface area contributed by atoms with Gasteiger partial charge in [0.25, 0.3) is 0 Å². The van der Waals surface area contributed by atoms with Gasteiger partial charge in [0.2, 0.25) is 0 Å². The molecule has 37 heavy (non-hydrogen) atoms. The van der Waals surface area contributed by atoms with E-state index in [0.717, 1.165) is 12.8 Å². The van der Waals surface area contributed by atoms with Crippen molar-refractivity contribution in [3.05, 3.63) is 24.8 Å². The lowest BCUT2D eigenvalue weighted by molar-refractivity contribution is -0.222. The van der Waals surface area contributed by atoms with Crippen molar-refractivity contribution < 1.29 is 25.2 Å². The minimum absolute atomic E-state index is 0.0588. The van der Waals surface area contributed by atoms with Gasteiger partial charge in [-0.1, -0.05) is 77.0 Å². The number of aliphatic hydroxyl groups is 4. The van der Waals surface area contributed by atoms with Gasteiger partial charge in [-0.2, -0.15) is 0 Å². The molecule has 0 amide bonds. The highest BCUT2D eigenvalue weighted by Crippen LogP contribution is 2.57. The molecule has 8 atom stereocenters.